The zero-order valence-electron chi connectivity index (χ0n) is 15.2. The SMILES string of the molecule is C[C@@H](c1c[nH]c(=O)c2c(F)c(F)ccc12)N(C)C(=O)c1cc2ccccn2c1. The number of halogens is 2. The normalized spacial score (nSPS) is 12.4. The van der Waals surface area contributed by atoms with Crippen LogP contribution in [0, 0.1) is 11.6 Å². The minimum atomic E-state index is -1.19. The number of carbonyl (C=O) groups is 1. The Hall–Kier alpha value is -3.48. The van der Waals surface area contributed by atoms with Gasteiger partial charge in [-0.2, -0.15) is 0 Å². The molecule has 0 aliphatic rings. The molecule has 3 heterocycles. The maximum Gasteiger partial charge on any atom is 0.258 e. The summed E-state index contributed by atoms with van der Waals surface area (Å²) < 4.78 is 29.6. The van der Waals surface area contributed by atoms with Crippen molar-refractivity contribution in [3.8, 4) is 0 Å². The lowest BCUT2D eigenvalue weighted by molar-refractivity contribution is 0.0743. The number of H-pyrrole nitrogens is 1. The molecule has 0 saturated heterocycles. The Balaban J connectivity index is 1.75. The predicted octanol–water partition coefficient (Wildman–Crippen LogP) is 3.89. The number of benzene rings is 1. The van der Waals surface area contributed by atoms with Crippen molar-refractivity contribution in [2.24, 2.45) is 0 Å². The number of hydrogen-bond donors (Lipinski definition) is 1. The van der Waals surface area contributed by atoms with Crippen LogP contribution in [0.15, 0.2) is 59.8 Å². The van der Waals surface area contributed by atoms with E-state index in [0.29, 0.717) is 11.1 Å². The van der Waals surface area contributed by atoms with Gasteiger partial charge in [0.15, 0.2) is 11.6 Å². The number of nitrogens with zero attached hydrogens (tertiary/aromatic N) is 2. The van der Waals surface area contributed by atoms with E-state index < -0.39 is 23.2 Å². The fourth-order valence-electron chi connectivity index (χ4n) is 3.41. The average Bonchev–Trinajstić information content (AvgIpc) is 3.13. The van der Waals surface area contributed by atoms with E-state index >= 15 is 0 Å². The Kier molecular flexibility index (Phi) is 4.22. The lowest BCUT2D eigenvalue weighted by atomic mass is 10.0. The van der Waals surface area contributed by atoms with Crippen molar-refractivity contribution in [1.29, 1.82) is 0 Å². The molecule has 4 aromatic rings. The predicted molar refractivity (Wildman–Crippen MR) is 102 cm³/mol. The third-order valence-corrected chi connectivity index (χ3v) is 5.09. The summed E-state index contributed by atoms with van der Waals surface area (Å²) >= 11 is 0. The first kappa shape index (κ1) is 17.9. The van der Waals surface area contributed by atoms with E-state index in [-0.39, 0.29) is 16.7 Å². The summed E-state index contributed by atoms with van der Waals surface area (Å²) in [4.78, 5) is 28.9. The van der Waals surface area contributed by atoms with E-state index in [4.69, 9.17) is 0 Å². The second-order valence-electron chi connectivity index (χ2n) is 6.71. The third-order valence-electron chi connectivity index (χ3n) is 5.09. The zero-order valence-corrected chi connectivity index (χ0v) is 15.2. The molecule has 1 N–H and O–H groups in total. The third kappa shape index (κ3) is 2.76. The molecule has 1 amide bonds. The molecule has 1 aromatic carbocycles. The van der Waals surface area contributed by atoms with Crippen molar-refractivity contribution >= 4 is 22.2 Å². The van der Waals surface area contributed by atoms with E-state index in [1.807, 2.05) is 28.8 Å². The van der Waals surface area contributed by atoms with Crippen molar-refractivity contribution in [2.45, 2.75) is 13.0 Å². The van der Waals surface area contributed by atoms with Crippen LogP contribution in [0.4, 0.5) is 8.78 Å². The van der Waals surface area contributed by atoms with Crippen LogP contribution in [0.1, 0.15) is 28.9 Å². The highest BCUT2D eigenvalue weighted by Gasteiger charge is 2.23. The maximum absolute atomic E-state index is 14.2. The lowest BCUT2D eigenvalue weighted by Crippen LogP contribution is -2.30. The van der Waals surface area contributed by atoms with Gasteiger partial charge in [-0.1, -0.05) is 12.1 Å². The number of pyridine rings is 2. The molecular weight excluding hydrogens is 364 g/mol. The van der Waals surface area contributed by atoms with Gasteiger partial charge < -0.3 is 14.3 Å². The minimum Gasteiger partial charge on any atom is -0.335 e. The number of nitrogens with one attached hydrogen (secondary N) is 1. The molecule has 28 heavy (non-hydrogen) atoms. The van der Waals surface area contributed by atoms with Crippen molar-refractivity contribution in [2.75, 3.05) is 7.05 Å². The largest absolute Gasteiger partial charge is 0.335 e. The maximum atomic E-state index is 14.2. The summed E-state index contributed by atoms with van der Waals surface area (Å²) in [6, 6.07) is 9.29. The molecule has 0 bridgehead atoms. The molecule has 3 aromatic heterocycles. The van der Waals surface area contributed by atoms with E-state index in [2.05, 4.69) is 4.98 Å². The summed E-state index contributed by atoms with van der Waals surface area (Å²) in [5.74, 6) is -2.51. The van der Waals surface area contributed by atoms with Crippen LogP contribution in [0.3, 0.4) is 0 Å². The van der Waals surface area contributed by atoms with Gasteiger partial charge in [-0.25, -0.2) is 8.78 Å². The molecule has 1 atom stereocenters. The van der Waals surface area contributed by atoms with Gasteiger partial charge in [-0.05, 0) is 42.1 Å². The number of carbonyl (C=O) groups excluding carboxylic acids is 1. The van der Waals surface area contributed by atoms with Crippen molar-refractivity contribution in [1.82, 2.24) is 14.3 Å². The average molecular weight is 381 g/mol. The molecule has 7 heteroatoms. The molecule has 0 unspecified atom stereocenters. The second kappa shape index (κ2) is 6.60. The molecule has 0 aliphatic carbocycles. The minimum absolute atomic E-state index is 0.224. The summed E-state index contributed by atoms with van der Waals surface area (Å²) in [6.45, 7) is 1.77. The van der Waals surface area contributed by atoms with Crippen molar-refractivity contribution in [3.63, 3.8) is 0 Å². The summed E-state index contributed by atoms with van der Waals surface area (Å²) in [5.41, 5.74) is 1.20. The Bertz CT molecular complexity index is 1240. The van der Waals surface area contributed by atoms with Crippen LogP contribution in [0.25, 0.3) is 16.3 Å². The Morgan fingerprint density at radius 3 is 2.75 bits per heavy atom. The van der Waals surface area contributed by atoms with Gasteiger partial charge in [0.05, 0.1) is 17.0 Å². The van der Waals surface area contributed by atoms with Crippen LogP contribution in [0.5, 0.6) is 0 Å². The molecule has 5 nitrogen and oxygen atoms in total. The Morgan fingerprint density at radius 1 is 1.21 bits per heavy atom. The van der Waals surface area contributed by atoms with Gasteiger partial charge in [-0.15, -0.1) is 0 Å². The summed E-state index contributed by atoms with van der Waals surface area (Å²) in [5, 5.41) is -0.0725. The number of aromatic nitrogens is 2. The number of fused-ring (bicyclic) bond motifs is 2. The molecule has 0 saturated carbocycles. The van der Waals surface area contributed by atoms with E-state index in [9.17, 15) is 18.4 Å². The van der Waals surface area contributed by atoms with Gasteiger partial charge in [0.25, 0.3) is 11.5 Å². The first-order valence-electron chi connectivity index (χ1n) is 8.71. The van der Waals surface area contributed by atoms with Gasteiger partial charge in [0.1, 0.15) is 0 Å². The molecule has 0 aliphatic heterocycles. The molecule has 142 valence electrons. The van der Waals surface area contributed by atoms with E-state index in [1.165, 1.54) is 17.2 Å². The highest BCUT2D eigenvalue weighted by molar-refractivity contribution is 5.96. The number of amides is 1. The topological polar surface area (TPSA) is 57.6 Å². The molecule has 0 fully saturated rings. The van der Waals surface area contributed by atoms with Gasteiger partial charge in [0, 0.05) is 31.2 Å². The quantitative estimate of drug-likeness (QED) is 0.585. The first-order valence-corrected chi connectivity index (χ1v) is 8.71. The van der Waals surface area contributed by atoms with E-state index in [0.717, 1.165) is 11.6 Å². The molecule has 0 radical (unpaired) electrons. The van der Waals surface area contributed by atoms with Crippen LogP contribution >= 0.6 is 0 Å². The highest BCUT2D eigenvalue weighted by atomic mass is 19.2. The zero-order chi connectivity index (χ0) is 20.0. The fraction of sp³-hybridized carbons (Fsp3) is 0.143. The van der Waals surface area contributed by atoms with Crippen LogP contribution < -0.4 is 5.56 Å². The van der Waals surface area contributed by atoms with E-state index in [1.54, 1.807) is 26.2 Å². The van der Waals surface area contributed by atoms with Gasteiger partial charge >= 0.3 is 0 Å². The molecule has 0 spiro atoms. The number of rotatable bonds is 3. The number of aromatic amines is 1. The van der Waals surface area contributed by atoms with Crippen molar-refractivity contribution in [3.05, 3.63) is 88.1 Å². The first-order chi connectivity index (χ1) is 13.4. The fourth-order valence-corrected chi connectivity index (χ4v) is 3.41. The highest BCUT2D eigenvalue weighted by Crippen LogP contribution is 2.28. The van der Waals surface area contributed by atoms with Crippen molar-refractivity contribution < 1.29 is 13.6 Å². The molecular formula is C21H17F2N3O2. The van der Waals surface area contributed by atoms with Crippen LogP contribution in [-0.4, -0.2) is 27.2 Å². The summed E-state index contributed by atoms with van der Waals surface area (Å²) in [7, 11) is 1.63. The van der Waals surface area contributed by atoms with Crippen LogP contribution in [-0.2, 0) is 0 Å². The van der Waals surface area contributed by atoms with Crippen LogP contribution in [0.2, 0.25) is 0 Å². The standard InChI is InChI=1S/C21H17F2N3O2/c1-12(16-10-24-20(27)18-15(16)6-7-17(22)19(18)23)25(2)21(28)13-9-14-5-3-4-8-26(14)11-13/h3-12H,1-2H3,(H,24,27)/t12-/m0/s1. The monoisotopic (exact) mass is 381 g/mol. The Morgan fingerprint density at radius 2 is 2.00 bits per heavy atom. The van der Waals surface area contributed by atoms with Gasteiger partial charge in [0.2, 0.25) is 0 Å². The summed E-state index contributed by atoms with van der Waals surface area (Å²) in [6.07, 6.45) is 5.02. The second-order valence-corrected chi connectivity index (χ2v) is 6.71. The van der Waals surface area contributed by atoms with Gasteiger partial charge in [-0.3, -0.25) is 9.59 Å². The lowest BCUT2D eigenvalue weighted by Gasteiger charge is -2.26. The molecule has 4 rings (SSSR count). The Labute approximate surface area is 158 Å². The smallest absolute Gasteiger partial charge is 0.258 e. The number of hydrogen-bond acceptors (Lipinski definition) is 2.